The second kappa shape index (κ2) is 7.24. The van der Waals surface area contributed by atoms with Gasteiger partial charge in [0.1, 0.15) is 5.75 Å². The summed E-state index contributed by atoms with van der Waals surface area (Å²) >= 11 is 0. The second-order valence-corrected chi connectivity index (χ2v) is 7.03. The predicted molar refractivity (Wildman–Crippen MR) is 94.2 cm³/mol. The van der Waals surface area contributed by atoms with E-state index in [0.29, 0.717) is 12.5 Å². The lowest BCUT2D eigenvalue weighted by Crippen LogP contribution is -2.57. The molecule has 0 radical (unpaired) electrons. The third-order valence-corrected chi connectivity index (χ3v) is 4.62. The maximum atomic E-state index is 12.7. The Labute approximate surface area is 144 Å². The van der Waals surface area contributed by atoms with Gasteiger partial charge in [-0.1, -0.05) is 26.0 Å². The molecule has 5 nitrogen and oxygen atoms in total. The van der Waals surface area contributed by atoms with Crippen LogP contribution < -0.4 is 4.74 Å². The fraction of sp³-hybridized carbons (Fsp3) is 0.579. The molecule has 24 heavy (non-hydrogen) atoms. The maximum absolute atomic E-state index is 12.7. The zero-order valence-electron chi connectivity index (χ0n) is 15.5. The van der Waals surface area contributed by atoms with Gasteiger partial charge in [-0.2, -0.15) is 0 Å². The number of hydrogen-bond acceptors (Lipinski definition) is 3. The van der Waals surface area contributed by atoms with E-state index in [0.717, 1.165) is 16.9 Å². The van der Waals surface area contributed by atoms with Gasteiger partial charge in [0.25, 0.3) is 5.91 Å². The van der Waals surface area contributed by atoms with Gasteiger partial charge < -0.3 is 14.5 Å². The molecule has 1 aromatic rings. The molecule has 0 aromatic heterocycles. The molecule has 1 saturated heterocycles. The van der Waals surface area contributed by atoms with Gasteiger partial charge in [0, 0.05) is 19.6 Å². The molecule has 1 heterocycles. The Hall–Kier alpha value is -2.04. The van der Waals surface area contributed by atoms with Crippen LogP contribution in [0.1, 0.15) is 44.7 Å². The zero-order chi connectivity index (χ0) is 18.0. The van der Waals surface area contributed by atoms with E-state index in [4.69, 9.17) is 4.74 Å². The highest BCUT2D eigenvalue weighted by Crippen LogP contribution is 2.28. The maximum Gasteiger partial charge on any atom is 0.263 e. The molecule has 0 saturated carbocycles. The summed E-state index contributed by atoms with van der Waals surface area (Å²) in [7, 11) is 1.77. The van der Waals surface area contributed by atoms with Crippen LogP contribution in [0, 0.1) is 6.92 Å². The lowest BCUT2D eigenvalue weighted by molar-refractivity contribution is -0.150. The number of carbonyl (C=O) groups excluding carboxylic acids is 2. The van der Waals surface area contributed by atoms with Crippen LogP contribution in [0.2, 0.25) is 0 Å². The fourth-order valence-corrected chi connectivity index (χ4v) is 2.91. The first-order valence-electron chi connectivity index (χ1n) is 8.52. The highest BCUT2D eigenvalue weighted by atomic mass is 16.5. The number of carbonyl (C=O) groups is 2. The summed E-state index contributed by atoms with van der Waals surface area (Å²) in [5.41, 5.74) is 2.18. The third kappa shape index (κ3) is 3.89. The van der Waals surface area contributed by atoms with Crippen molar-refractivity contribution in [1.29, 1.82) is 0 Å². The summed E-state index contributed by atoms with van der Waals surface area (Å²) in [5.74, 6) is 0.889. The van der Waals surface area contributed by atoms with Crippen LogP contribution in [0.3, 0.4) is 0 Å². The van der Waals surface area contributed by atoms with E-state index >= 15 is 0 Å². The molecule has 1 aliphatic heterocycles. The van der Waals surface area contributed by atoms with Gasteiger partial charge in [0.15, 0.2) is 6.10 Å². The molecule has 0 aliphatic carbocycles. The van der Waals surface area contributed by atoms with Gasteiger partial charge in [-0.25, -0.2) is 0 Å². The summed E-state index contributed by atoms with van der Waals surface area (Å²) in [4.78, 5) is 28.0. The molecule has 0 N–H and O–H groups in total. The topological polar surface area (TPSA) is 49.9 Å². The van der Waals surface area contributed by atoms with Crippen LogP contribution >= 0.6 is 0 Å². The van der Waals surface area contributed by atoms with Crippen molar-refractivity contribution in [1.82, 2.24) is 9.80 Å². The minimum absolute atomic E-state index is 0.0209. The quantitative estimate of drug-likeness (QED) is 0.851. The average molecular weight is 332 g/mol. The number of nitrogens with zero attached hydrogens (tertiary/aromatic N) is 2. The van der Waals surface area contributed by atoms with Crippen molar-refractivity contribution in [2.45, 2.75) is 52.7 Å². The van der Waals surface area contributed by atoms with Gasteiger partial charge in [-0.05, 0) is 43.9 Å². The number of rotatable bonds is 4. The fourth-order valence-electron chi connectivity index (χ4n) is 2.91. The van der Waals surface area contributed by atoms with Crippen molar-refractivity contribution in [2.24, 2.45) is 0 Å². The molecular formula is C19H28N2O3. The molecule has 0 unspecified atom stereocenters. The van der Waals surface area contributed by atoms with Gasteiger partial charge in [-0.3, -0.25) is 9.59 Å². The summed E-state index contributed by atoms with van der Waals surface area (Å²) in [6.07, 6.45) is -0.618. The zero-order valence-corrected chi connectivity index (χ0v) is 15.5. The van der Waals surface area contributed by atoms with Crippen molar-refractivity contribution in [3.8, 4) is 5.75 Å². The first-order valence-corrected chi connectivity index (χ1v) is 8.52. The molecule has 1 aromatic carbocycles. The summed E-state index contributed by atoms with van der Waals surface area (Å²) in [6.45, 7) is 10.6. The minimum Gasteiger partial charge on any atom is -0.481 e. The van der Waals surface area contributed by atoms with Crippen molar-refractivity contribution >= 4 is 11.8 Å². The Morgan fingerprint density at radius 1 is 1.29 bits per heavy atom. The molecule has 0 bridgehead atoms. The standard InChI is InChI=1S/C19H28N2O3/c1-12(2)16-8-7-13(3)9-17(16)24-15(5)19(23)21-10-14(4)20(6)18(22)11-21/h7-9,12,14-15H,10-11H2,1-6H3/t14-,15-/m1/s1. The average Bonchev–Trinajstić information content (AvgIpc) is 2.51. The van der Waals surface area contributed by atoms with E-state index in [1.807, 2.05) is 26.0 Å². The Kier molecular flexibility index (Phi) is 5.52. The summed E-state index contributed by atoms with van der Waals surface area (Å²) in [6, 6.07) is 6.09. The normalized spacial score (nSPS) is 19.6. The van der Waals surface area contributed by atoms with E-state index in [2.05, 4.69) is 19.9 Å². The van der Waals surface area contributed by atoms with Crippen LogP contribution in [0.5, 0.6) is 5.75 Å². The van der Waals surface area contributed by atoms with Crippen molar-refractivity contribution in [3.05, 3.63) is 29.3 Å². The minimum atomic E-state index is -0.618. The number of likely N-dealkylation sites (N-methyl/N-ethyl adjacent to an activating group) is 1. The number of ether oxygens (including phenoxy) is 1. The van der Waals surface area contributed by atoms with E-state index < -0.39 is 6.10 Å². The Bertz CT molecular complexity index is 627. The number of hydrogen-bond donors (Lipinski definition) is 0. The van der Waals surface area contributed by atoms with Gasteiger partial charge in [0.05, 0.1) is 6.54 Å². The Balaban J connectivity index is 2.12. The first kappa shape index (κ1) is 18.3. The molecule has 2 rings (SSSR count). The smallest absolute Gasteiger partial charge is 0.263 e. The lowest BCUT2D eigenvalue weighted by Gasteiger charge is -2.38. The van der Waals surface area contributed by atoms with Crippen LogP contribution in [-0.4, -0.2) is 53.9 Å². The number of piperazine rings is 1. The largest absolute Gasteiger partial charge is 0.481 e. The predicted octanol–water partition coefficient (Wildman–Crippen LogP) is 2.57. The Morgan fingerprint density at radius 3 is 2.54 bits per heavy atom. The first-order chi connectivity index (χ1) is 11.2. The van der Waals surface area contributed by atoms with Gasteiger partial charge in [-0.15, -0.1) is 0 Å². The molecule has 2 amide bonds. The molecule has 0 spiro atoms. The van der Waals surface area contributed by atoms with Crippen LogP contribution in [-0.2, 0) is 9.59 Å². The van der Waals surface area contributed by atoms with E-state index in [-0.39, 0.29) is 24.4 Å². The van der Waals surface area contributed by atoms with Crippen molar-refractivity contribution in [3.63, 3.8) is 0 Å². The van der Waals surface area contributed by atoms with Gasteiger partial charge >= 0.3 is 0 Å². The van der Waals surface area contributed by atoms with Crippen molar-refractivity contribution in [2.75, 3.05) is 20.1 Å². The molecule has 2 atom stereocenters. The SMILES string of the molecule is Cc1ccc(C(C)C)c(O[C@H](C)C(=O)N2CC(=O)N(C)[C@H](C)C2)c1. The highest BCUT2D eigenvalue weighted by molar-refractivity contribution is 5.88. The van der Waals surface area contributed by atoms with Crippen LogP contribution in [0.4, 0.5) is 0 Å². The molecule has 1 fully saturated rings. The monoisotopic (exact) mass is 332 g/mol. The molecule has 1 aliphatic rings. The van der Waals surface area contributed by atoms with E-state index in [1.165, 1.54) is 0 Å². The Morgan fingerprint density at radius 2 is 1.96 bits per heavy atom. The van der Waals surface area contributed by atoms with E-state index in [1.54, 1.807) is 23.8 Å². The summed E-state index contributed by atoms with van der Waals surface area (Å²) in [5, 5.41) is 0. The van der Waals surface area contributed by atoms with Crippen LogP contribution in [0.25, 0.3) is 0 Å². The number of amides is 2. The molecule has 132 valence electrons. The van der Waals surface area contributed by atoms with Crippen LogP contribution in [0.15, 0.2) is 18.2 Å². The highest BCUT2D eigenvalue weighted by Gasteiger charge is 2.32. The molecule has 5 heteroatoms. The third-order valence-electron chi connectivity index (χ3n) is 4.62. The number of aryl methyl sites for hydroxylation is 1. The number of benzene rings is 1. The second-order valence-electron chi connectivity index (χ2n) is 7.03. The van der Waals surface area contributed by atoms with Gasteiger partial charge in [0.2, 0.25) is 5.91 Å². The van der Waals surface area contributed by atoms with Crippen molar-refractivity contribution < 1.29 is 14.3 Å². The lowest BCUT2D eigenvalue weighted by atomic mass is 10.0. The summed E-state index contributed by atoms with van der Waals surface area (Å²) < 4.78 is 5.98. The van der Waals surface area contributed by atoms with E-state index in [9.17, 15) is 9.59 Å². The molecular weight excluding hydrogens is 304 g/mol.